The van der Waals surface area contributed by atoms with E-state index in [0.29, 0.717) is 55.2 Å². The zero-order chi connectivity index (χ0) is 94.2. The molecule has 0 saturated carbocycles. The number of nitrogens with zero attached hydrogens (tertiary/aromatic N) is 8. The number of anilines is 7. The molecule has 4 atom stereocenters. The molecular weight excluding hydrogens is 1860 g/mol. The summed E-state index contributed by atoms with van der Waals surface area (Å²) >= 11 is 56.2. The van der Waals surface area contributed by atoms with Gasteiger partial charge in [-0.1, -0.05) is 166 Å². The van der Waals surface area contributed by atoms with Crippen LogP contribution < -0.4 is 47.1 Å². The summed E-state index contributed by atoms with van der Waals surface area (Å²) in [7, 11) is 0. The molecule has 0 spiro atoms. The molecule has 4 unspecified atom stereocenters. The summed E-state index contributed by atoms with van der Waals surface area (Å²) in [5.74, 6) is -7.89. The van der Waals surface area contributed by atoms with Crippen molar-refractivity contribution in [2.24, 2.45) is 40.9 Å². The van der Waals surface area contributed by atoms with Gasteiger partial charge in [0.2, 0.25) is 24.2 Å². The number of nitrogen functional groups attached to an aromatic ring is 1. The van der Waals surface area contributed by atoms with Crippen molar-refractivity contribution in [3.05, 3.63) is 308 Å². The molecule has 0 aliphatic carbocycles. The third kappa shape index (κ3) is 28.3. The van der Waals surface area contributed by atoms with Crippen LogP contribution in [0.15, 0.2) is 253 Å². The van der Waals surface area contributed by atoms with Gasteiger partial charge in [0, 0.05) is 54.6 Å². The minimum Gasteiger partial charge on any atom is -0.423 e. The average Bonchev–Trinajstić information content (AvgIpc) is 0.822. The SMILES string of the molecule is C.CC(=O)C(N=Nc1cc(C(=O)Nc2cccc(Cl)c2C)ccc1Cl)C(=O)Nc1cc(Cl)c(NC(=O)C(N=Nc2cc(C(=O)Nc3cccc(Cl)c3C)ccc2Cl)C(C)=O)cc1C.CC(=O)C(N=Nc1cc(C(=O)Oc2ccccc2)ccc1Cl)C(=O)Nc1cc(Cl)c(NC(=O)C(N=Nc2cc(C(=O)Oc3ccccc3)ccc2Cl)C(C)=O)cc1C.Cc1c(N)cccc1Cl. The van der Waals surface area contributed by atoms with Crippen LogP contribution in [-0.2, 0) is 38.4 Å². The van der Waals surface area contributed by atoms with E-state index in [1.165, 1.54) is 97.1 Å². The summed E-state index contributed by atoms with van der Waals surface area (Å²) in [6.07, 6.45) is 0. The second kappa shape index (κ2) is 47.6. The van der Waals surface area contributed by atoms with Gasteiger partial charge in [0.05, 0.1) is 52.6 Å². The first-order chi connectivity index (χ1) is 61.2. The maximum Gasteiger partial charge on any atom is 0.343 e. The van der Waals surface area contributed by atoms with Gasteiger partial charge in [-0.25, -0.2) is 9.59 Å². The molecule has 11 rings (SSSR count). The summed E-state index contributed by atoms with van der Waals surface area (Å²) in [5, 5.41) is 49.4. The molecule has 0 bridgehead atoms. The Labute approximate surface area is 790 Å². The third-order valence-electron chi connectivity index (χ3n) is 18.3. The van der Waals surface area contributed by atoms with Crippen molar-refractivity contribution in [2.45, 2.75) is 93.9 Å². The van der Waals surface area contributed by atoms with Gasteiger partial charge in [0.1, 0.15) is 34.2 Å². The van der Waals surface area contributed by atoms with Crippen LogP contribution in [-0.4, -0.2) is 94.7 Å². The number of amides is 6. The number of carbonyl (C=O) groups excluding carboxylic acids is 12. The lowest BCUT2D eigenvalue weighted by molar-refractivity contribution is -0.127. The molecule has 0 aliphatic rings. The van der Waals surface area contributed by atoms with Gasteiger partial charge in [-0.3, -0.25) is 47.9 Å². The zero-order valence-corrected chi connectivity index (χ0v) is 76.1. The van der Waals surface area contributed by atoms with E-state index in [0.717, 1.165) is 44.0 Å². The minimum atomic E-state index is -1.65. The fourth-order valence-electron chi connectivity index (χ4n) is 11.1. The number of Topliss-reactive ketones (excluding diaryl/α,β-unsaturated/α-hetero) is 4. The standard InChI is InChI=1S/C43H35Cl5N8O6.C41H31Cl3N6O8.C7H8ClN.CH4/c1-20-16-35(52-43(62)39(24(5)58)56-54-37-18-26(13-15-30(37)47)41(60)50-33-11-7-9-28(45)22(33)3)31(48)19-34(20)51-42(61)38(23(4)57)55-53-36-17-25(12-14-29(36)46)40(59)49-32-10-6-8-27(44)21(32)2;1-22-18-33(46-39(54)37(24(3)52)50-48-35-20-26(15-17-30(35)43)41(56)58-28-12-8-5-9-13-28)31(44)21-32(22)45-38(53)36(23(2)51)49-47-34-19-25(14-16-29(34)42)40(55)57-27-10-6-4-7-11-27;1-5-6(8)3-2-4-7(5)9;/h6-19,38-39H,1-5H3,(H,49,59)(H,50,60)(H,51,61)(H,52,62);4-21,36-37H,1-3H3,(H,45,53)(H,46,54);2-4H,9H2,1H3;1H4. The van der Waals surface area contributed by atoms with Crippen molar-refractivity contribution in [3.63, 3.8) is 0 Å². The van der Waals surface area contributed by atoms with Crippen LogP contribution in [0.25, 0.3) is 0 Å². The lowest BCUT2D eigenvalue weighted by atomic mass is 10.1. The van der Waals surface area contributed by atoms with E-state index < -0.39 is 94.7 Å². The predicted octanol–water partition coefficient (Wildman–Crippen LogP) is 24.4. The molecule has 0 aromatic heterocycles. The van der Waals surface area contributed by atoms with Gasteiger partial charge in [0.25, 0.3) is 35.4 Å². The lowest BCUT2D eigenvalue weighted by Crippen LogP contribution is -2.32. The number of ether oxygens (including phenoxy) is 2. The fourth-order valence-corrected chi connectivity index (χ4v) is 12.7. The summed E-state index contributed by atoms with van der Waals surface area (Å²) in [6.45, 7) is 13.2. The van der Waals surface area contributed by atoms with Crippen molar-refractivity contribution in [2.75, 3.05) is 37.6 Å². The van der Waals surface area contributed by atoms with E-state index in [-0.39, 0.29) is 105 Å². The Bertz CT molecular complexity index is 5990. The number of hydrogen-bond donors (Lipinski definition) is 7. The highest BCUT2D eigenvalue weighted by Gasteiger charge is 2.31. The first-order valence-electron chi connectivity index (χ1n) is 38.1. The number of carbonyl (C=O) groups is 12. The smallest absolute Gasteiger partial charge is 0.343 e. The molecule has 11 aromatic carbocycles. The number of rotatable bonds is 28. The molecule has 0 heterocycles. The minimum absolute atomic E-state index is 0. The van der Waals surface area contributed by atoms with Crippen molar-refractivity contribution in [1.29, 1.82) is 0 Å². The molecule has 0 saturated heterocycles. The van der Waals surface area contributed by atoms with E-state index in [1.807, 2.05) is 25.1 Å². The first-order valence-corrected chi connectivity index (χ1v) is 41.5. The highest BCUT2D eigenvalue weighted by molar-refractivity contribution is 6.37. The van der Waals surface area contributed by atoms with Gasteiger partial charge >= 0.3 is 11.9 Å². The predicted molar refractivity (Wildman–Crippen MR) is 507 cm³/mol. The maximum absolute atomic E-state index is 13.4. The highest BCUT2D eigenvalue weighted by Crippen LogP contribution is 2.37. The normalized spacial score (nSPS) is 11.9. The monoisotopic (exact) mass is 1930 g/mol. The van der Waals surface area contributed by atoms with Gasteiger partial charge < -0.3 is 47.1 Å². The molecule has 38 heteroatoms. The van der Waals surface area contributed by atoms with Gasteiger partial charge in [0.15, 0.2) is 23.1 Å². The number of aryl methyl sites for hydroxylation is 2. The number of nitrogens with one attached hydrogen (secondary N) is 6. The zero-order valence-electron chi connectivity index (χ0n) is 69.3. The molecule has 0 aliphatic heterocycles. The number of benzene rings is 11. The van der Waals surface area contributed by atoms with Crippen molar-refractivity contribution < 1.29 is 67.0 Å². The number of hydrogen-bond acceptors (Lipinski definition) is 23. The summed E-state index contributed by atoms with van der Waals surface area (Å²) in [4.78, 5) is 155. The van der Waals surface area contributed by atoms with Crippen LogP contribution in [0.4, 0.5) is 62.6 Å². The van der Waals surface area contributed by atoms with E-state index in [9.17, 15) is 57.5 Å². The van der Waals surface area contributed by atoms with Crippen molar-refractivity contribution >= 4 is 237 Å². The van der Waals surface area contributed by atoms with Gasteiger partial charge in [-0.15, -0.1) is 0 Å². The number of para-hydroxylation sites is 2. The molecular formula is C92H78Cl9N15O14. The van der Waals surface area contributed by atoms with Crippen LogP contribution in [0.2, 0.25) is 45.2 Å². The van der Waals surface area contributed by atoms with E-state index in [2.05, 4.69) is 72.8 Å². The summed E-state index contributed by atoms with van der Waals surface area (Å²) < 4.78 is 10.7. The van der Waals surface area contributed by atoms with Crippen molar-refractivity contribution in [1.82, 2.24) is 0 Å². The van der Waals surface area contributed by atoms with Crippen LogP contribution >= 0.6 is 104 Å². The third-order valence-corrected chi connectivity index (χ3v) is 21.5. The van der Waals surface area contributed by atoms with Crippen molar-refractivity contribution in [3.8, 4) is 11.5 Å². The van der Waals surface area contributed by atoms with Crippen LogP contribution in [0.1, 0.15) is 104 Å². The van der Waals surface area contributed by atoms with Gasteiger partial charge in [-0.05, 0) is 248 Å². The molecule has 11 aromatic rings. The molecule has 0 fully saturated rings. The summed E-state index contributed by atoms with van der Waals surface area (Å²) in [5.41, 5.74) is 11.4. The molecule has 130 heavy (non-hydrogen) atoms. The van der Waals surface area contributed by atoms with E-state index in [1.54, 1.807) is 125 Å². The Morgan fingerprint density at radius 1 is 0.285 bits per heavy atom. The molecule has 8 N–H and O–H groups in total. The number of ketones is 4. The topological polar surface area (TPSA) is 420 Å². The second-order valence-electron chi connectivity index (χ2n) is 27.9. The largest absolute Gasteiger partial charge is 0.423 e. The van der Waals surface area contributed by atoms with Gasteiger partial charge in [-0.2, -0.15) is 40.9 Å². The van der Waals surface area contributed by atoms with Crippen LogP contribution in [0.5, 0.6) is 11.5 Å². The Morgan fingerprint density at radius 3 is 0.854 bits per heavy atom. The number of esters is 2. The fraction of sp³-hybridized carbons (Fsp3) is 0.152. The number of halogens is 9. The average molecular weight is 1940 g/mol. The Kier molecular flexibility index (Phi) is 37.4. The van der Waals surface area contributed by atoms with Crippen LogP contribution in [0.3, 0.4) is 0 Å². The van der Waals surface area contributed by atoms with E-state index >= 15 is 0 Å². The lowest BCUT2D eigenvalue weighted by Gasteiger charge is -2.16. The molecule has 29 nitrogen and oxygen atoms in total. The molecule has 668 valence electrons. The Balaban J connectivity index is 0.000000290. The highest BCUT2D eigenvalue weighted by atomic mass is 35.5. The number of nitrogens with two attached hydrogens (primary N) is 1. The second-order valence-corrected chi connectivity index (χ2v) is 31.6. The summed E-state index contributed by atoms with van der Waals surface area (Å²) in [6, 6.07) is 48.1. The van der Waals surface area contributed by atoms with E-state index in [4.69, 9.17) is 120 Å². The molecule has 6 amide bonds. The molecule has 0 radical (unpaired) electrons. The number of azo groups is 4. The Morgan fingerprint density at radius 2 is 0.562 bits per heavy atom. The maximum atomic E-state index is 13.4. The Hall–Kier alpha value is -13.3. The first kappa shape index (κ1) is 102. The van der Waals surface area contributed by atoms with Crippen LogP contribution in [0, 0.1) is 34.6 Å². The quantitative estimate of drug-likeness (QED) is 0.00787.